The van der Waals surface area contributed by atoms with Gasteiger partial charge in [-0.15, -0.1) is 10.2 Å². The highest BCUT2D eigenvalue weighted by molar-refractivity contribution is 7.99. The van der Waals surface area contributed by atoms with E-state index >= 15 is 0 Å². The molecule has 0 unspecified atom stereocenters. The van der Waals surface area contributed by atoms with Crippen LogP contribution in [0.25, 0.3) is 11.5 Å². The summed E-state index contributed by atoms with van der Waals surface area (Å²) < 4.78 is 16.2. The van der Waals surface area contributed by atoms with Gasteiger partial charge in [0.15, 0.2) is 0 Å². The number of thioether (sulfide) groups is 1. The molecule has 0 bridgehead atoms. The molecule has 1 saturated carbocycles. The van der Waals surface area contributed by atoms with Crippen molar-refractivity contribution in [1.82, 2.24) is 15.1 Å². The fraction of sp³-hybridized carbons (Fsp3) is 0.500. The van der Waals surface area contributed by atoms with Crippen LogP contribution < -0.4 is 9.47 Å². The number of amides is 1. The Labute approximate surface area is 174 Å². The quantitative estimate of drug-likeness (QED) is 0.632. The minimum absolute atomic E-state index is 0.124. The van der Waals surface area contributed by atoms with Crippen LogP contribution in [0.5, 0.6) is 11.5 Å². The van der Waals surface area contributed by atoms with E-state index in [-0.39, 0.29) is 16.9 Å². The summed E-state index contributed by atoms with van der Waals surface area (Å²) in [7, 11) is 4.84. The van der Waals surface area contributed by atoms with E-state index < -0.39 is 5.54 Å². The molecule has 9 heteroatoms. The fourth-order valence-electron chi connectivity index (χ4n) is 3.43. The fourth-order valence-corrected chi connectivity index (χ4v) is 4.11. The first-order chi connectivity index (χ1) is 14.0. The van der Waals surface area contributed by atoms with Crippen LogP contribution >= 0.6 is 11.8 Å². The Kier molecular flexibility index (Phi) is 6.64. The molecule has 1 amide bonds. The first kappa shape index (κ1) is 21.0. The van der Waals surface area contributed by atoms with Gasteiger partial charge in [-0.2, -0.15) is 5.26 Å². The van der Waals surface area contributed by atoms with Crippen molar-refractivity contribution in [1.29, 1.82) is 5.26 Å². The monoisotopic (exact) mass is 416 g/mol. The van der Waals surface area contributed by atoms with Gasteiger partial charge in [0, 0.05) is 18.7 Å². The van der Waals surface area contributed by atoms with Gasteiger partial charge in [-0.1, -0.05) is 31.0 Å². The number of aromatic nitrogens is 2. The van der Waals surface area contributed by atoms with Gasteiger partial charge in [-0.3, -0.25) is 4.79 Å². The van der Waals surface area contributed by atoms with Crippen molar-refractivity contribution in [3.8, 4) is 29.0 Å². The minimum atomic E-state index is -0.701. The third kappa shape index (κ3) is 4.65. The Hall–Kier alpha value is -2.73. The molecule has 1 heterocycles. The van der Waals surface area contributed by atoms with Gasteiger partial charge in [-0.25, -0.2) is 0 Å². The number of carbonyl (C=O) groups is 1. The van der Waals surface area contributed by atoms with E-state index in [0.717, 1.165) is 43.9 Å². The van der Waals surface area contributed by atoms with Gasteiger partial charge in [0.1, 0.15) is 17.0 Å². The SMILES string of the molecule is COc1cc(OC)cc(-c2nnc(SCC(=O)N(C)C3(C#N)CCCCC3)o2)c1. The standard InChI is InChI=1S/C20H24N4O4S/c1-24(20(13-21)7-5-4-6-8-20)17(25)12-29-19-23-22-18(28-19)14-9-15(26-2)11-16(10-14)27-3/h9-11H,4-8,12H2,1-3H3. The van der Waals surface area contributed by atoms with E-state index in [0.29, 0.717) is 23.0 Å². The van der Waals surface area contributed by atoms with Gasteiger partial charge in [0.05, 0.1) is 26.0 Å². The summed E-state index contributed by atoms with van der Waals surface area (Å²) in [5, 5.41) is 18.0. The average molecular weight is 417 g/mol. The van der Waals surface area contributed by atoms with E-state index in [2.05, 4.69) is 16.3 Å². The Balaban J connectivity index is 1.66. The zero-order chi connectivity index (χ0) is 20.9. The minimum Gasteiger partial charge on any atom is -0.497 e. The summed E-state index contributed by atoms with van der Waals surface area (Å²) in [4.78, 5) is 14.2. The third-order valence-electron chi connectivity index (χ3n) is 5.23. The lowest BCUT2D eigenvalue weighted by Crippen LogP contribution is -2.50. The number of nitriles is 1. The number of benzene rings is 1. The van der Waals surface area contributed by atoms with Gasteiger partial charge in [0.25, 0.3) is 5.22 Å². The van der Waals surface area contributed by atoms with E-state index in [9.17, 15) is 10.1 Å². The molecule has 1 aliphatic carbocycles. The molecule has 1 aliphatic rings. The summed E-state index contributed by atoms with van der Waals surface area (Å²) >= 11 is 1.16. The van der Waals surface area contributed by atoms with E-state index in [1.54, 1.807) is 44.4 Å². The van der Waals surface area contributed by atoms with Crippen molar-refractivity contribution in [2.75, 3.05) is 27.0 Å². The van der Waals surface area contributed by atoms with Crippen LogP contribution in [-0.4, -0.2) is 53.6 Å². The number of carbonyl (C=O) groups excluding carboxylic acids is 1. The number of nitrogens with zero attached hydrogens (tertiary/aromatic N) is 4. The van der Waals surface area contributed by atoms with E-state index in [1.165, 1.54) is 0 Å². The zero-order valence-corrected chi connectivity index (χ0v) is 17.6. The summed E-state index contributed by atoms with van der Waals surface area (Å²) in [5.74, 6) is 1.53. The van der Waals surface area contributed by atoms with E-state index in [4.69, 9.17) is 13.9 Å². The van der Waals surface area contributed by atoms with Gasteiger partial charge in [0.2, 0.25) is 11.8 Å². The maximum absolute atomic E-state index is 12.7. The largest absolute Gasteiger partial charge is 0.497 e. The van der Waals surface area contributed by atoms with Crippen molar-refractivity contribution in [2.24, 2.45) is 0 Å². The topological polar surface area (TPSA) is 101 Å². The van der Waals surface area contributed by atoms with Crippen LogP contribution in [0.2, 0.25) is 0 Å². The van der Waals surface area contributed by atoms with Gasteiger partial charge in [-0.05, 0) is 25.0 Å². The molecule has 0 spiro atoms. The lowest BCUT2D eigenvalue weighted by atomic mass is 9.81. The molecule has 8 nitrogen and oxygen atoms in total. The predicted molar refractivity (Wildman–Crippen MR) is 108 cm³/mol. The molecule has 0 aliphatic heterocycles. The number of rotatable bonds is 7. The Bertz CT molecular complexity index is 880. The average Bonchev–Trinajstić information content (AvgIpc) is 3.26. The van der Waals surface area contributed by atoms with Gasteiger partial charge < -0.3 is 18.8 Å². The highest BCUT2D eigenvalue weighted by Gasteiger charge is 2.38. The molecular formula is C20H24N4O4S. The lowest BCUT2D eigenvalue weighted by molar-refractivity contribution is -0.131. The second-order valence-electron chi connectivity index (χ2n) is 6.92. The summed E-state index contributed by atoms with van der Waals surface area (Å²) in [5.41, 5.74) is -0.0396. The number of hydrogen-bond acceptors (Lipinski definition) is 8. The van der Waals surface area contributed by atoms with Crippen LogP contribution in [0.15, 0.2) is 27.8 Å². The van der Waals surface area contributed by atoms with Crippen LogP contribution in [0.4, 0.5) is 0 Å². The van der Waals surface area contributed by atoms with Crippen LogP contribution in [0.3, 0.4) is 0 Å². The van der Waals surface area contributed by atoms with E-state index in [1.807, 2.05) is 0 Å². The van der Waals surface area contributed by atoms with Gasteiger partial charge >= 0.3 is 0 Å². The van der Waals surface area contributed by atoms with Crippen molar-refractivity contribution < 1.29 is 18.7 Å². The number of ether oxygens (including phenoxy) is 2. The first-order valence-corrected chi connectivity index (χ1v) is 10.4. The van der Waals surface area contributed by atoms with Crippen molar-refractivity contribution in [3.63, 3.8) is 0 Å². The maximum atomic E-state index is 12.7. The molecule has 0 atom stereocenters. The zero-order valence-electron chi connectivity index (χ0n) is 16.8. The summed E-state index contributed by atoms with van der Waals surface area (Å²) in [6.07, 6.45) is 4.49. The summed E-state index contributed by atoms with van der Waals surface area (Å²) in [6, 6.07) is 7.65. The van der Waals surface area contributed by atoms with Crippen LogP contribution in [0.1, 0.15) is 32.1 Å². The third-order valence-corrected chi connectivity index (χ3v) is 6.03. The molecule has 1 fully saturated rings. The molecule has 0 radical (unpaired) electrons. The molecule has 1 aromatic heterocycles. The van der Waals surface area contributed by atoms with Crippen LogP contribution in [-0.2, 0) is 4.79 Å². The Morgan fingerprint density at radius 3 is 2.45 bits per heavy atom. The Morgan fingerprint density at radius 1 is 1.21 bits per heavy atom. The number of hydrogen-bond donors (Lipinski definition) is 0. The maximum Gasteiger partial charge on any atom is 0.277 e. The molecule has 0 saturated heterocycles. The molecule has 1 aromatic carbocycles. The molecule has 3 rings (SSSR count). The van der Waals surface area contributed by atoms with Crippen LogP contribution in [0, 0.1) is 11.3 Å². The first-order valence-electron chi connectivity index (χ1n) is 9.39. The molecular weight excluding hydrogens is 392 g/mol. The Morgan fingerprint density at radius 2 is 1.86 bits per heavy atom. The molecule has 0 N–H and O–H groups in total. The highest BCUT2D eigenvalue weighted by atomic mass is 32.2. The summed E-state index contributed by atoms with van der Waals surface area (Å²) in [6.45, 7) is 0. The van der Waals surface area contributed by atoms with Crippen molar-refractivity contribution in [3.05, 3.63) is 18.2 Å². The highest BCUT2D eigenvalue weighted by Crippen LogP contribution is 2.34. The number of methoxy groups -OCH3 is 2. The molecule has 154 valence electrons. The second kappa shape index (κ2) is 9.18. The normalized spacial score (nSPS) is 15.4. The molecule has 2 aromatic rings. The predicted octanol–water partition coefficient (Wildman–Crippen LogP) is 3.53. The lowest BCUT2D eigenvalue weighted by Gasteiger charge is -2.38. The van der Waals surface area contributed by atoms with Crippen molar-refractivity contribution in [2.45, 2.75) is 42.9 Å². The second-order valence-corrected chi connectivity index (χ2v) is 7.85. The van der Waals surface area contributed by atoms with Crippen molar-refractivity contribution >= 4 is 17.7 Å². The smallest absolute Gasteiger partial charge is 0.277 e. The molecule has 29 heavy (non-hydrogen) atoms.